The lowest BCUT2D eigenvalue weighted by molar-refractivity contribution is -0.133. The minimum atomic E-state index is -0.935. The maximum Gasteiger partial charge on any atom is 0.330 e. The highest BCUT2D eigenvalue weighted by Crippen LogP contribution is 1.83. The summed E-state index contributed by atoms with van der Waals surface area (Å²) < 4.78 is 9.89. The molecule has 0 fully saturated rings. The predicted molar refractivity (Wildman–Crippen MR) is 85.3 cm³/mol. The molecule has 0 aliphatic rings. The predicted octanol–water partition coefficient (Wildman–Crippen LogP) is 0.687. The SMILES string of the molecule is C=C(C)C(=O)O.C=C(C)C(=O)O.CC(O)COCCOCCO. The van der Waals surface area contributed by atoms with E-state index in [4.69, 9.17) is 29.9 Å². The maximum atomic E-state index is 9.60. The number of carbonyl (C=O) groups is 2. The first-order valence-corrected chi connectivity index (χ1v) is 6.78. The van der Waals surface area contributed by atoms with Gasteiger partial charge in [0.1, 0.15) is 0 Å². The molecular weight excluding hydrogens is 308 g/mol. The van der Waals surface area contributed by atoms with Crippen molar-refractivity contribution < 1.29 is 39.5 Å². The van der Waals surface area contributed by atoms with Gasteiger partial charge in [-0.1, -0.05) is 13.2 Å². The highest BCUT2D eigenvalue weighted by molar-refractivity contribution is 5.85. The summed E-state index contributed by atoms with van der Waals surface area (Å²) in [6.45, 7) is 12.5. The molecule has 1 atom stereocenters. The smallest absolute Gasteiger partial charge is 0.330 e. The van der Waals surface area contributed by atoms with Crippen molar-refractivity contribution in [1.82, 2.24) is 0 Å². The summed E-state index contributed by atoms with van der Waals surface area (Å²) >= 11 is 0. The quantitative estimate of drug-likeness (QED) is 0.357. The van der Waals surface area contributed by atoms with E-state index in [0.29, 0.717) is 26.4 Å². The lowest BCUT2D eigenvalue weighted by Gasteiger charge is -2.05. The Morgan fingerprint density at radius 3 is 1.57 bits per heavy atom. The molecule has 8 heteroatoms. The van der Waals surface area contributed by atoms with E-state index in [1.807, 2.05) is 0 Å². The second kappa shape index (κ2) is 18.3. The molecule has 0 radical (unpaired) electrons. The summed E-state index contributed by atoms with van der Waals surface area (Å²) in [5.41, 5.74) is 0.352. The van der Waals surface area contributed by atoms with Crippen molar-refractivity contribution in [2.24, 2.45) is 0 Å². The number of rotatable bonds is 9. The maximum absolute atomic E-state index is 9.60. The molecule has 136 valence electrons. The average molecular weight is 336 g/mol. The number of carboxylic acids is 2. The van der Waals surface area contributed by atoms with Crippen molar-refractivity contribution in [2.75, 3.05) is 33.0 Å². The van der Waals surface area contributed by atoms with Crippen LogP contribution in [0.2, 0.25) is 0 Å². The van der Waals surface area contributed by atoms with Crippen molar-refractivity contribution >= 4 is 11.9 Å². The molecule has 0 saturated heterocycles. The molecule has 0 amide bonds. The van der Waals surface area contributed by atoms with Crippen LogP contribution in [0, 0.1) is 0 Å². The number of aliphatic hydroxyl groups excluding tert-OH is 2. The molecule has 23 heavy (non-hydrogen) atoms. The summed E-state index contributed by atoms with van der Waals surface area (Å²) in [5, 5.41) is 32.8. The van der Waals surface area contributed by atoms with Crippen LogP contribution in [0.15, 0.2) is 24.3 Å². The lowest BCUT2D eigenvalue weighted by atomic mass is 10.4. The number of ether oxygens (including phenoxy) is 2. The molecule has 0 rings (SSSR count). The Hall–Kier alpha value is -1.74. The number of hydrogen-bond acceptors (Lipinski definition) is 6. The van der Waals surface area contributed by atoms with Gasteiger partial charge in [-0.05, 0) is 20.8 Å². The molecule has 4 N–H and O–H groups in total. The van der Waals surface area contributed by atoms with Crippen LogP contribution in [0.25, 0.3) is 0 Å². The standard InChI is InChI=1S/C7H16O4.2C4H6O2/c1-7(9)6-11-5-4-10-3-2-8;2*1-3(2)4(5)6/h7-9H,2-6H2,1H3;2*1H2,2H3,(H,5,6). The number of aliphatic hydroxyl groups is 2. The summed E-state index contributed by atoms with van der Waals surface area (Å²) in [4.78, 5) is 19.2. The van der Waals surface area contributed by atoms with E-state index in [9.17, 15) is 9.59 Å². The van der Waals surface area contributed by atoms with Crippen LogP contribution in [0.1, 0.15) is 20.8 Å². The topological polar surface area (TPSA) is 134 Å². The minimum absolute atomic E-state index is 0.0381. The van der Waals surface area contributed by atoms with Gasteiger partial charge >= 0.3 is 11.9 Å². The van der Waals surface area contributed by atoms with Crippen LogP contribution in [0.5, 0.6) is 0 Å². The molecular formula is C15H28O8. The fraction of sp³-hybridized carbons (Fsp3) is 0.600. The van der Waals surface area contributed by atoms with Gasteiger partial charge in [-0.25, -0.2) is 9.59 Å². The minimum Gasteiger partial charge on any atom is -0.478 e. The van der Waals surface area contributed by atoms with E-state index in [1.165, 1.54) is 13.8 Å². The zero-order valence-electron chi connectivity index (χ0n) is 13.9. The van der Waals surface area contributed by atoms with Gasteiger partial charge in [-0.2, -0.15) is 0 Å². The van der Waals surface area contributed by atoms with Crippen LogP contribution in [0.4, 0.5) is 0 Å². The Morgan fingerprint density at radius 2 is 1.30 bits per heavy atom. The Kier molecular flexibility index (Phi) is 20.8. The van der Waals surface area contributed by atoms with Crippen LogP contribution in [-0.4, -0.2) is 71.5 Å². The highest BCUT2D eigenvalue weighted by Gasteiger charge is 1.94. The lowest BCUT2D eigenvalue weighted by Crippen LogP contribution is -2.14. The Balaban J connectivity index is -0.000000284. The average Bonchev–Trinajstić information content (AvgIpc) is 2.43. The summed E-state index contributed by atoms with van der Waals surface area (Å²) in [7, 11) is 0. The van der Waals surface area contributed by atoms with Gasteiger partial charge in [0.05, 0.1) is 39.1 Å². The normalized spacial score (nSPS) is 10.3. The molecule has 0 aromatic carbocycles. The van der Waals surface area contributed by atoms with Crippen molar-refractivity contribution in [3.8, 4) is 0 Å². The molecule has 0 aromatic rings. The highest BCUT2D eigenvalue weighted by atomic mass is 16.5. The van der Waals surface area contributed by atoms with Gasteiger partial charge in [-0.15, -0.1) is 0 Å². The second-order valence-electron chi connectivity index (χ2n) is 4.43. The van der Waals surface area contributed by atoms with Crippen LogP contribution >= 0.6 is 0 Å². The van der Waals surface area contributed by atoms with E-state index in [-0.39, 0.29) is 17.8 Å². The van der Waals surface area contributed by atoms with Crippen molar-refractivity contribution in [3.05, 3.63) is 24.3 Å². The van der Waals surface area contributed by atoms with Gasteiger partial charge < -0.3 is 29.9 Å². The van der Waals surface area contributed by atoms with E-state index >= 15 is 0 Å². The van der Waals surface area contributed by atoms with Crippen molar-refractivity contribution in [1.29, 1.82) is 0 Å². The largest absolute Gasteiger partial charge is 0.478 e. The van der Waals surface area contributed by atoms with Gasteiger partial charge in [-0.3, -0.25) is 0 Å². The van der Waals surface area contributed by atoms with Gasteiger partial charge in [0.15, 0.2) is 0 Å². The molecule has 0 aliphatic carbocycles. The number of aliphatic carboxylic acids is 2. The van der Waals surface area contributed by atoms with Crippen molar-refractivity contribution in [2.45, 2.75) is 26.9 Å². The first kappa shape index (κ1) is 26.2. The summed E-state index contributed by atoms with van der Waals surface area (Å²) in [5.74, 6) is -1.87. The third kappa shape index (κ3) is 33.2. The van der Waals surface area contributed by atoms with E-state index in [0.717, 1.165) is 0 Å². The third-order valence-electron chi connectivity index (χ3n) is 1.70. The van der Waals surface area contributed by atoms with E-state index < -0.39 is 18.0 Å². The molecule has 0 aromatic heterocycles. The van der Waals surface area contributed by atoms with Gasteiger partial charge in [0.2, 0.25) is 0 Å². The fourth-order valence-corrected chi connectivity index (χ4v) is 0.538. The molecule has 8 nitrogen and oxygen atoms in total. The van der Waals surface area contributed by atoms with Crippen LogP contribution in [0.3, 0.4) is 0 Å². The monoisotopic (exact) mass is 336 g/mol. The first-order valence-electron chi connectivity index (χ1n) is 6.78. The Labute approximate surface area is 136 Å². The van der Waals surface area contributed by atoms with E-state index in [1.54, 1.807) is 6.92 Å². The zero-order valence-corrected chi connectivity index (χ0v) is 13.9. The van der Waals surface area contributed by atoms with Gasteiger partial charge in [0, 0.05) is 11.1 Å². The van der Waals surface area contributed by atoms with E-state index in [2.05, 4.69) is 13.2 Å². The number of hydrogen-bond donors (Lipinski definition) is 4. The molecule has 1 unspecified atom stereocenters. The third-order valence-corrected chi connectivity index (χ3v) is 1.70. The molecule has 0 bridgehead atoms. The molecule has 0 spiro atoms. The number of carboxylic acid groups (broad SMARTS) is 2. The first-order chi connectivity index (χ1) is 10.6. The zero-order chi connectivity index (χ0) is 18.8. The molecule has 0 saturated carbocycles. The van der Waals surface area contributed by atoms with Crippen LogP contribution in [-0.2, 0) is 19.1 Å². The molecule has 0 heterocycles. The van der Waals surface area contributed by atoms with Crippen molar-refractivity contribution in [3.63, 3.8) is 0 Å². The fourth-order valence-electron chi connectivity index (χ4n) is 0.538. The molecule has 0 aliphatic heterocycles. The van der Waals surface area contributed by atoms with Crippen LogP contribution < -0.4 is 0 Å². The Bertz CT molecular complexity index is 301. The second-order valence-corrected chi connectivity index (χ2v) is 4.43. The Morgan fingerprint density at radius 1 is 0.957 bits per heavy atom. The summed E-state index contributed by atoms with van der Waals surface area (Å²) in [6.07, 6.45) is -0.423. The van der Waals surface area contributed by atoms with Gasteiger partial charge in [0.25, 0.3) is 0 Å². The summed E-state index contributed by atoms with van der Waals surface area (Å²) in [6, 6.07) is 0.